The maximum atomic E-state index is 11.7. The van der Waals surface area contributed by atoms with Crippen LogP contribution in [-0.4, -0.2) is 26.1 Å². The maximum Gasteiger partial charge on any atom is 0.322 e. The van der Waals surface area contributed by atoms with Gasteiger partial charge < -0.3 is 5.11 Å². The van der Waals surface area contributed by atoms with Gasteiger partial charge in [-0.3, -0.25) is 4.79 Å². The summed E-state index contributed by atoms with van der Waals surface area (Å²) in [6.07, 6.45) is 1.53. The summed E-state index contributed by atoms with van der Waals surface area (Å²) in [5.74, 6) is -1.28. The molecule has 0 aromatic heterocycles. The normalized spacial score (nSPS) is 17.9. The van der Waals surface area contributed by atoms with Gasteiger partial charge in [0.25, 0.3) is 0 Å². The lowest BCUT2D eigenvalue weighted by Crippen LogP contribution is -2.46. The van der Waals surface area contributed by atoms with E-state index in [1.807, 2.05) is 0 Å². The van der Waals surface area contributed by atoms with E-state index in [1.165, 1.54) is 6.08 Å². The Bertz CT molecular complexity index is 270. The molecule has 0 aromatic rings. The first-order chi connectivity index (χ1) is 6.70. The molecule has 88 valence electrons. The second-order valence-electron chi connectivity index (χ2n) is 4.41. The molecule has 0 bridgehead atoms. The second-order valence-corrected chi connectivity index (χ2v) is 6.41. The third-order valence-electron chi connectivity index (χ3n) is 1.95. The second kappa shape index (κ2) is 5.42. The van der Waals surface area contributed by atoms with E-state index in [4.69, 9.17) is 5.11 Å². The molecule has 0 aliphatic heterocycles. The van der Waals surface area contributed by atoms with Gasteiger partial charge >= 0.3 is 5.97 Å². The number of aliphatic carboxylic acids is 1. The van der Waals surface area contributed by atoms with E-state index in [-0.39, 0.29) is 5.92 Å². The first-order valence-electron chi connectivity index (χ1n) is 4.73. The highest BCUT2D eigenvalue weighted by molar-refractivity contribution is 7.84. The number of hydrogen-bond acceptors (Lipinski definition) is 2. The molecule has 0 fully saturated rings. The van der Waals surface area contributed by atoms with Crippen molar-refractivity contribution in [2.75, 3.05) is 0 Å². The molecule has 0 amide bonds. The van der Waals surface area contributed by atoms with Crippen LogP contribution in [-0.2, 0) is 15.8 Å². The van der Waals surface area contributed by atoms with E-state index in [1.54, 1.807) is 27.7 Å². The van der Waals surface area contributed by atoms with Crippen molar-refractivity contribution in [1.29, 1.82) is 0 Å². The Labute approximate surface area is 93.3 Å². The average Bonchev–Trinajstić information content (AvgIpc) is 2.10. The maximum absolute atomic E-state index is 11.7. The van der Waals surface area contributed by atoms with Crippen LogP contribution in [0.4, 0.5) is 0 Å². The summed E-state index contributed by atoms with van der Waals surface area (Å²) in [4.78, 5) is 10.9. The topological polar surface area (TPSA) is 66.4 Å². The zero-order valence-electron chi connectivity index (χ0n) is 9.61. The van der Waals surface area contributed by atoms with Crippen LogP contribution in [0.2, 0.25) is 0 Å². The molecule has 0 radical (unpaired) electrons. The van der Waals surface area contributed by atoms with Gasteiger partial charge in [0.15, 0.2) is 0 Å². The van der Waals surface area contributed by atoms with Gasteiger partial charge in [0.1, 0.15) is 6.04 Å². The number of nitrogens with one attached hydrogen (secondary N) is 1. The summed E-state index contributed by atoms with van der Waals surface area (Å²) < 4.78 is 13.8. The predicted octanol–water partition coefficient (Wildman–Crippen LogP) is 1.31. The van der Waals surface area contributed by atoms with Crippen LogP contribution in [0.1, 0.15) is 27.7 Å². The molecule has 0 aromatic carbocycles. The minimum Gasteiger partial charge on any atom is -0.480 e. The molecular weight excluding hydrogens is 214 g/mol. The Morgan fingerprint density at radius 2 is 2.00 bits per heavy atom. The predicted molar refractivity (Wildman–Crippen MR) is 61.8 cm³/mol. The molecular formula is C10H19NO3S. The summed E-state index contributed by atoms with van der Waals surface area (Å²) in [7, 11) is -1.39. The molecule has 0 aliphatic rings. The van der Waals surface area contributed by atoms with Crippen LogP contribution < -0.4 is 4.72 Å². The van der Waals surface area contributed by atoms with Crippen LogP contribution in [0.15, 0.2) is 12.7 Å². The van der Waals surface area contributed by atoms with Gasteiger partial charge in [-0.25, -0.2) is 8.93 Å². The standard InChI is InChI=1S/C10H19NO3S/c1-6-7(2)8(9(12)13)11-15(14)10(3,4)5/h6-8,11H,1H2,2-5H3,(H,12,13)/t7-,8+,15?/m1/s1. The Hall–Kier alpha value is -0.680. The molecule has 0 saturated heterocycles. The molecule has 1 unspecified atom stereocenters. The van der Waals surface area contributed by atoms with Gasteiger partial charge in [0, 0.05) is 5.92 Å². The van der Waals surface area contributed by atoms with E-state index in [9.17, 15) is 9.00 Å². The Balaban J connectivity index is 4.64. The number of hydrogen-bond donors (Lipinski definition) is 2. The Kier molecular flexibility index (Phi) is 5.17. The first-order valence-corrected chi connectivity index (χ1v) is 5.88. The lowest BCUT2D eigenvalue weighted by atomic mass is 10.0. The minimum absolute atomic E-state index is 0.270. The fraction of sp³-hybridized carbons (Fsp3) is 0.700. The molecule has 0 rings (SSSR count). The van der Waals surface area contributed by atoms with Crippen molar-refractivity contribution in [2.24, 2.45) is 5.92 Å². The monoisotopic (exact) mass is 233 g/mol. The first kappa shape index (κ1) is 14.3. The highest BCUT2D eigenvalue weighted by Gasteiger charge is 2.28. The summed E-state index contributed by atoms with van der Waals surface area (Å²) in [6.45, 7) is 10.6. The molecule has 5 heteroatoms. The van der Waals surface area contributed by atoms with Gasteiger partial charge in [-0.2, -0.15) is 0 Å². The van der Waals surface area contributed by atoms with E-state index >= 15 is 0 Å². The molecule has 0 aliphatic carbocycles. The largest absolute Gasteiger partial charge is 0.480 e. The van der Waals surface area contributed by atoms with E-state index in [0.29, 0.717) is 0 Å². The summed E-state index contributed by atoms with van der Waals surface area (Å²) in [5.41, 5.74) is 0. The lowest BCUT2D eigenvalue weighted by molar-refractivity contribution is -0.139. The van der Waals surface area contributed by atoms with Crippen molar-refractivity contribution in [1.82, 2.24) is 4.72 Å². The molecule has 3 atom stereocenters. The van der Waals surface area contributed by atoms with E-state index in [0.717, 1.165) is 0 Å². The summed E-state index contributed by atoms with van der Waals surface area (Å²) >= 11 is 0. The SMILES string of the molecule is C=C[C@@H](C)[C@H](NS(=O)C(C)(C)C)C(=O)O. The van der Waals surface area contributed by atoms with Crippen LogP contribution in [0.3, 0.4) is 0 Å². The molecule has 4 nitrogen and oxygen atoms in total. The van der Waals surface area contributed by atoms with Crippen LogP contribution in [0.5, 0.6) is 0 Å². The van der Waals surface area contributed by atoms with Crippen LogP contribution in [0, 0.1) is 5.92 Å². The summed E-state index contributed by atoms with van der Waals surface area (Å²) in [6, 6.07) is -0.859. The smallest absolute Gasteiger partial charge is 0.322 e. The zero-order valence-corrected chi connectivity index (χ0v) is 10.4. The van der Waals surface area contributed by atoms with Crippen molar-refractivity contribution in [2.45, 2.75) is 38.5 Å². The van der Waals surface area contributed by atoms with Crippen molar-refractivity contribution < 1.29 is 14.1 Å². The van der Waals surface area contributed by atoms with Gasteiger partial charge in [-0.1, -0.05) is 13.0 Å². The Morgan fingerprint density at radius 3 is 2.27 bits per heavy atom. The highest BCUT2D eigenvalue weighted by Crippen LogP contribution is 2.12. The van der Waals surface area contributed by atoms with Crippen molar-refractivity contribution in [3.8, 4) is 0 Å². The quantitative estimate of drug-likeness (QED) is 0.704. The highest BCUT2D eigenvalue weighted by atomic mass is 32.2. The van der Waals surface area contributed by atoms with E-state index in [2.05, 4.69) is 11.3 Å². The van der Waals surface area contributed by atoms with Gasteiger partial charge in [0.2, 0.25) is 0 Å². The third-order valence-corrected chi connectivity index (χ3v) is 3.53. The zero-order chi connectivity index (χ0) is 12.2. The van der Waals surface area contributed by atoms with Crippen LogP contribution >= 0.6 is 0 Å². The Morgan fingerprint density at radius 1 is 1.53 bits per heavy atom. The molecule has 0 heterocycles. The average molecular weight is 233 g/mol. The minimum atomic E-state index is -1.39. The van der Waals surface area contributed by atoms with Crippen molar-refractivity contribution in [3.05, 3.63) is 12.7 Å². The molecule has 2 N–H and O–H groups in total. The van der Waals surface area contributed by atoms with Crippen molar-refractivity contribution >= 4 is 17.0 Å². The van der Waals surface area contributed by atoms with E-state index < -0.39 is 27.7 Å². The summed E-state index contributed by atoms with van der Waals surface area (Å²) in [5, 5.41) is 8.94. The van der Waals surface area contributed by atoms with Crippen molar-refractivity contribution in [3.63, 3.8) is 0 Å². The van der Waals surface area contributed by atoms with Gasteiger partial charge in [-0.05, 0) is 20.8 Å². The number of carboxylic acid groups (broad SMARTS) is 1. The number of carbonyl (C=O) groups is 1. The number of rotatable bonds is 5. The lowest BCUT2D eigenvalue weighted by Gasteiger charge is -2.24. The fourth-order valence-electron chi connectivity index (χ4n) is 0.811. The third kappa shape index (κ3) is 4.57. The molecule has 15 heavy (non-hydrogen) atoms. The van der Waals surface area contributed by atoms with Crippen LogP contribution in [0.25, 0.3) is 0 Å². The number of carboxylic acids is 1. The van der Waals surface area contributed by atoms with Gasteiger partial charge in [-0.15, -0.1) is 6.58 Å². The fourth-order valence-corrected chi connectivity index (χ4v) is 1.71. The van der Waals surface area contributed by atoms with Gasteiger partial charge in [0.05, 0.1) is 15.7 Å². The molecule has 0 saturated carbocycles. The molecule has 0 spiro atoms.